The smallest absolute Gasteiger partial charge is 0.0126 e. The van der Waals surface area contributed by atoms with E-state index in [1.165, 1.54) is 22.3 Å². The first-order valence-electron chi connectivity index (χ1n) is 6.71. The first kappa shape index (κ1) is 12.9. The molecule has 0 radical (unpaired) electrons. The molecule has 18 heavy (non-hydrogen) atoms. The number of hydrogen-bond acceptors (Lipinski definition) is 0. The summed E-state index contributed by atoms with van der Waals surface area (Å²) in [7, 11) is 0. The molecule has 0 amide bonds. The minimum atomic E-state index is 0.181. The molecule has 0 aliphatic heterocycles. The molecule has 0 saturated carbocycles. The number of hydrogen-bond donors (Lipinski definition) is 0. The molecule has 2 aromatic rings. The Morgan fingerprint density at radius 3 is 2.00 bits per heavy atom. The zero-order chi connectivity index (χ0) is 13.2. The van der Waals surface area contributed by atoms with Crippen LogP contribution in [0.1, 0.15) is 38.8 Å². The van der Waals surface area contributed by atoms with E-state index in [2.05, 4.69) is 76.2 Å². The van der Waals surface area contributed by atoms with Gasteiger partial charge in [0, 0.05) is 0 Å². The van der Waals surface area contributed by atoms with E-state index >= 15 is 0 Å². The highest BCUT2D eigenvalue weighted by molar-refractivity contribution is 5.68. The Labute approximate surface area is 111 Å². The van der Waals surface area contributed by atoms with Gasteiger partial charge < -0.3 is 0 Å². The molecule has 0 spiro atoms. The van der Waals surface area contributed by atoms with Gasteiger partial charge in [0.25, 0.3) is 0 Å². The fourth-order valence-corrected chi connectivity index (χ4v) is 2.31. The lowest BCUT2D eigenvalue weighted by molar-refractivity contribution is 0.592. The van der Waals surface area contributed by atoms with E-state index in [1.54, 1.807) is 0 Å². The van der Waals surface area contributed by atoms with Crippen molar-refractivity contribution < 1.29 is 0 Å². The Bertz CT molecular complexity index is 512. The first-order chi connectivity index (χ1) is 8.52. The molecule has 0 aromatic heterocycles. The lowest BCUT2D eigenvalue weighted by Crippen LogP contribution is -2.12. The first-order valence-corrected chi connectivity index (χ1v) is 6.71. The van der Waals surface area contributed by atoms with E-state index in [0.717, 1.165) is 6.42 Å². The van der Waals surface area contributed by atoms with Gasteiger partial charge in [-0.15, -0.1) is 0 Å². The second-order valence-electron chi connectivity index (χ2n) is 5.85. The third kappa shape index (κ3) is 2.64. The summed E-state index contributed by atoms with van der Waals surface area (Å²) < 4.78 is 0. The van der Waals surface area contributed by atoms with E-state index in [-0.39, 0.29) is 5.41 Å². The molecule has 0 unspecified atom stereocenters. The van der Waals surface area contributed by atoms with Crippen LogP contribution in [0.4, 0.5) is 0 Å². The van der Waals surface area contributed by atoms with Crippen LogP contribution in [-0.2, 0) is 11.8 Å². The average molecular weight is 238 g/mol. The van der Waals surface area contributed by atoms with Crippen molar-refractivity contribution in [3.63, 3.8) is 0 Å². The predicted molar refractivity (Wildman–Crippen MR) is 80.0 cm³/mol. The maximum Gasteiger partial charge on any atom is -0.0126 e. The SMILES string of the molecule is CCc1ccc(-c2ccccc2C(C)(C)C)cc1. The van der Waals surface area contributed by atoms with E-state index in [0.29, 0.717) is 0 Å². The predicted octanol–water partition coefficient (Wildman–Crippen LogP) is 5.21. The molecule has 2 rings (SSSR count). The summed E-state index contributed by atoms with van der Waals surface area (Å²) in [6, 6.07) is 17.7. The lowest BCUT2D eigenvalue weighted by Gasteiger charge is -2.23. The van der Waals surface area contributed by atoms with Gasteiger partial charge in [0.1, 0.15) is 0 Å². The Balaban J connectivity index is 2.50. The molecule has 0 heteroatoms. The molecular weight excluding hydrogens is 216 g/mol. The molecule has 0 atom stereocenters. The van der Waals surface area contributed by atoms with Crippen LogP contribution in [-0.4, -0.2) is 0 Å². The van der Waals surface area contributed by atoms with Crippen LogP contribution in [0, 0.1) is 0 Å². The molecule has 0 nitrogen and oxygen atoms in total. The summed E-state index contributed by atoms with van der Waals surface area (Å²) in [4.78, 5) is 0. The second-order valence-corrected chi connectivity index (χ2v) is 5.85. The van der Waals surface area contributed by atoms with Gasteiger partial charge in [-0.3, -0.25) is 0 Å². The van der Waals surface area contributed by atoms with Crippen LogP contribution in [0.25, 0.3) is 11.1 Å². The van der Waals surface area contributed by atoms with Crippen molar-refractivity contribution in [1.29, 1.82) is 0 Å². The topological polar surface area (TPSA) is 0 Å². The zero-order valence-corrected chi connectivity index (χ0v) is 11.8. The van der Waals surface area contributed by atoms with Gasteiger partial charge in [0.2, 0.25) is 0 Å². The van der Waals surface area contributed by atoms with Gasteiger partial charge in [-0.25, -0.2) is 0 Å². The Kier molecular flexibility index (Phi) is 3.56. The fraction of sp³-hybridized carbons (Fsp3) is 0.333. The van der Waals surface area contributed by atoms with E-state index in [4.69, 9.17) is 0 Å². The van der Waals surface area contributed by atoms with Crippen molar-refractivity contribution in [3.8, 4) is 11.1 Å². The van der Waals surface area contributed by atoms with Crippen molar-refractivity contribution in [1.82, 2.24) is 0 Å². The van der Waals surface area contributed by atoms with E-state index in [9.17, 15) is 0 Å². The van der Waals surface area contributed by atoms with E-state index < -0.39 is 0 Å². The molecule has 0 heterocycles. The van der Waals surface area contributed by atoms with Crippen molar-refractivity contribution in [2.75, 3.05) is 0 Å². The van der Waals surface area contributed by atoms with Crippen molar-refractivity contribution >= 4 is 0 Å². The third-order valence-corrected chi connectivity index (χ3v) is 3.41. The number of rotatable bonds is 2. The average Bonchev–Trinajstić information content (AvgIpc) is 2.38. The largest absolute Gasteiger partial charge is 0.0619 e. The van der Waals surface area contributed by atoms with Crippen LogP contribution in [0.5, 0.6) is 0 Å². The molecular formula is C18H22. The van der Waals surface area contributed by atoms with Crippen LogP contribution in [0.2, 0.25) is 0 Å². The zero-order valence-electron chi connectivity index (χ0n) is 11.8. The van der Waals surface area contributed by atoms with Crippen LogP contribution >= 0.6 is 0 Å². The highest BCUT2D eigenvalue weighted by Crippen LogP contribution is 2.32. The standard InChI is InChI=1S/C18H22/c1-5-14-10-12-15(13-11-14)16-8-6-7-9-17(16)18(2,3)4/h6-13H,5H2,1-4H3. The monoisotopic (exact) mass is 238 g/mol. The molecule has 0 N–H and O–H groups in total. The summed E-state index contributed by atoms with van der Waals surface area (Å²) in [5, 5.41) is 0. The highest BCUT2D eigenvalue weighted by Gasteiger charge is 2.17. The minimum absolute atomic E-state index is 0.181. The van der Waals surface area contributed by atoms with Gasteiger partial charge >= 0.3 is 0 Å². The van der Waals surface area contributed by atoms with Gasteiger partial charge in [0.15, 0.2) is 0 Å². The molecule has 94 valence electrons. The number of benzene rings is 2. The summed E-state index contributed by atoms with van der Waals surface area (Å²) >= 11 is 0. The molecule has 2 aromatic carbocycles. The Morgan fingerprint density at radius 1 is 0.833 bits per heavy atom. The van der Waals surface area contributed by atoms with Crippen LogP contribution in [0.15, 0.2) is 48.5 Å². The number of aryl methyl sites for hydroxylation is 1. The molecule has 0 saturated heterocycles. The Morgan fingerprint density at radius 2 is 1.44 bits per heavy atom. The summed E-state index contributed by atoms with van der Waals surface area (Å²) in [6.45, 7) is 9.00. The summed E-state index contributed by atoms with van der Waals surface area (Å²) in [5.74, 6) is 0. The van der Waals surface area contributed by atoms with Gasteiger partial charge in [-0.2, -0.15) is 0 Å². The van der Waals surface area contributed by atoms with Crippen LogP contribution < -0.4 is 0 Å². The minimum Gasteiger partial charge on any atom is -0.0619 e. The van der Waals surface area contributed by atoms with Gasteiger partial charge in [-0.05, 0) is 34.1 Å². The third-order valence-electron chi connectivity index (χ3n) is 3.41. The second kappa shape index (κ2) is 4.97. The van der Waals surface area contributed by atoms with Crippen molar-refractivity contribution in [3.05, 3.63) is 59.7 Å². The highest BCUT2D eigenvalue weighted by atomic mass is 14.2. The lowest BCUT2D eigenvalue weighted by atomic mass is 9.82. The van der Waals surface area contributed by atoms with E-state index in [1.807, 2.05) is 0 Å². The summed E-state index contributed by atoms with van der Waals surface area (Å²) in [6.07, 6.45) is 1.10. The molecule has 0 aliphatic rings. The molecule has 0 fully saturated rings. The van der Waals surface area contributed by atoms with Gasteiger partial charge in [0.05, 0.1) is 0 Å². The van der Waals surface area contributed by atoms with Gasteiger partial charge in [-0.1, -0.05) is 76.2 Å². The van der Waals surface area contributed by atoms with Crippen LogP contribution in [0.3, 0.4) is 0 Å². The maximum absolute atomic E-state index is 2.27. The van der Waals surface area contributed by atoms with Crippen molar-refractivity contribution in [2.24, 2.45) is 0 Å². The molecule has 0 aliphatic carbocycles. The normalized spacial score (nSPS) is 11.6. The maximum atomic E-state index is 2.27. The fourth-order valence-electron chi connectivity index (χ4n) is 2.31. The summed E-state index contributed by atoms with van der Waals surface area (Å²) in [5.41, 5.74) is 5.66. The quantitative estimate of drug-likeness (QED) is 0.673. The van der Waals surface area contributed by atoms with Crippen molar-refractivity contribution in [2.45, 2.75) is 39.5 Å². The molecule has 0 bridgehead atoms. The Hall–Kier alpha value is -1.56.